The van der Waals surface area contributed by atoms with Gasteiger partial charge in [0.15, 0.2) is 0 Å². The number of fused-ring (bicyclic) bond motifs is 3. The number of rotatable bonds is 8. The van der Waals surface area contributed by atoms with Crippen molar-refractivity contribution in [1.82, 2.24) is 10.4 Å². The highest BCUT2D eigenvalue weighted by atomic mass is 16.5. The average molecular weight is 412 g/mol. The number of hydroxylamine groups is 2. The smallest absolute Gasteiger partial charge is 0.407 e. The first-order chi connectivity index (χ1) is 14.4. The van der Waals surface area contributed by atoms with Gasteiger partial charge in [-0.1, -0.05) is 48.5 Å². The van der Waals surface area contributed by atoms with Crippen LogP contribution in [-0.2, 0) is 14.3 Å². The van der Waals surface area contributed by atoms with E-state index in [-0.39, 0.29) is 31.9 Å². The van der Waals surface area contributed by atoms with Gasteiger partial charge in [-0.05, 0) is 35.6 Å². The lowest BCUT2D eigenvalue weighted by atomic mass is 9.98. The van der Waals surface area contributed by atoms with E-state index in [2.05, 4.69) is 5.32 Å². The fraction of sp³-hybridized carbons (Fsp3) is 0.318. The summed E-state index contributed by atoms with van der Waals surface area (Å²) in [6.07, 6.45) is -1.34. The van der Waals surface area contributed by atoms with Crippen LogP contribution in [0.2, 0.25) is 0 Å². The number of amides is 2. The first-order valence-electron chi connectivity index (χ1n) is 9.76. The second-order valence-electron chi connectivity index (χ2n) is 7.01. The van der Waals surface area contributed by atoms with Crippen LogP contribution in [-0.4, -0.2) is 52.5 Å². The Morgan fingerprint density at radius 2 is 1.63 bits per heavy atom. The Hall–Kier alpha value is -3.39. The lowest BCUT2D eigenvalue weighted by molar-refractivity contribution is -0.167. The monoisotopic (exact) mass is 412 g/mol. The lowest BCUT2D eigenvalue weighted by Gasteiger charge is -2.22. The number of carbonyl (C=O) groups is 3. The second kappa shape index (κ2) is 9.41. The van der Waals surface area contributed by atoms with E-state index in [0.29, 0.717) is 5.06 Å². The molecule has 1 aliphatic carbocycles. The topological polar surface area (TPSA) is 116 Å². The number of nitrogens with one attached hydrogen (secondary N) is 1. The molecule has 0 aromatic heterocycles. The number of benzene rings is 2. The molecule has 158 valence electrons. The number of ether oxygens (including phenoxy) is 1. The molecule has 8 heteroatoms. The van der Waals surface area contributed by atoms with Crippen LogP contribution in [0.25, 0.3) is 11.1 Å². The standard InChI is InChI=1S/C22H24N2O6/c1-2-24(29)21(27)19(11-12-20(25)26)23-22(28)30-13-18-16-9-5-3-7-14(16)15-8-4-6-10-17(15)18/h3-10,18-19,29H,2,11-13H2,1H3,(H,23,28)(H,25,26). The zero-order chi connectivity index (χ0) is 21.7. The molecule has 0 saturated heterocycles. The number of hydrogen-bond acceptors (Lipinski definition) is 5. The van der Waals surface area contributed by atoms with Crippen LogP contribution in [0.4, 0.5) is 4.79 Å². The van der Waals surface area contributed by atoms with Crippen molar-refractivity contribution in [1.29, 1.82) is 0 Å². The van der Waals surface area contributed by atoms with Crippen LogP contribution in [0, 0.1) is 0 Å². The van der Waals surface area contributed by atoms with Crippen molar-refractivity contribution >= 4 is 18.0 Å². The molecule has 1 atom stereocenters. The first kappa shape index (κ1) is 21.3. The molecule has 3 rings (SSSR count). The average Bonchev–Trinajstić information content (AvgIpc) is 3.07. The lowest BCUT2D eigenvalue weighted by Crippen LogP contribution is -2.48. The van der Waals surface area contributed by atoms with Crippen molar-refractivity contribution in [3.05, 3.63) is 59.7 Å². The summed E-state index contributed by atoms with van der Waals surface area (Å²) in [4.78, 5) is 35.4. The summed E-state index contributed by atoms with van der Waals surface area (Å²) in [5, 5.41) is 21.3. The molecule has 0 radical (unpaired) electrons. The Morgan fingerprint density at radius 3 is 2.17 bits per heavy atom. The van der Waals surface area contributed by atoms with Gasteiger partial charge in [-0.15, -0.1) is 0 Å². The number of aliphatic carboxylic acids is 1. The van der Waals surface area contributed by atoms with Crippen molar-refractivity contribution in [2.75, 3.05) is 13.2 Å². The number of alkyl carbamates (subject to hydrolysis) is 1. The molecular formula is C22H24N2O6. The molecule has 30 heavy (non-hydrogen) atoms. The van der Waals surface area contributed by atoms with Crippen molar-refractivity contribution in [3.63, 3.8) is 0 Å². The Kier molecular flexibility index (Phi) is 6.68. The van der Waals surface area contributed by atoms with E-state index in [1.807, 2.05) is 48.5 Å². The molecule has 3 N–H and O–H groups in total. The van der Waals surface area contributed by atoms with E-state index in [1.165, 1.54) is 0 Å². The number of carboxylic acids is 1. The molecule has 2 aromatic carbocycles. The quantitative estimate of drug-likeness (QED) is 0.453. The molecule has 2 amide bonds. The maximum atomic E-state index is 12.4. The van der Waals surface area contributed by atoms with E-state index in [1.54, 1.807) is 6.92 Å². The SMILES string of the molecule is CCN(O)C(=O)C(CCC(=O)O)NC(=O)OCC1c2ccccc2-c2ccccc21. The van der Waals surface area contributed by atoms with E-state index in [4.69, 9.17) is 9.84 Å². The molecule has 0 spiro atoms. The highest BCUT2D eigenvalue weighted by Crippen LogP contribution is 2.44. The third kappa shape index (κ3) is 4.60. The minimum absolute atomic E-state index is 0.00870. The highest BCUT2D eigenvalue weighted by Gasteiger charge is 2.30. The maximum absolute atomic E-state index is 12.4. The molecule has 8 nitrogen and oxygen atoms in total. The van der Waals surface area contributed by atoms with Crippen LogP contribution >= 0.6 is 0 Å². The Bertz CT molecular complexity index is 899. The molecule has 0 bridgehead atoms. The zero-order valence-electron chi connectivity index (χ0n) is 16.6. The molecule has 1 aliphatic rings. The van der Waals surface area contributed by atoms with Gasteiger partial charge >= 0.3 is 12.1 Å². The first-order valence-corrected chi connectivity index (χ1v) is 9.76. The highest BCUT2D eigenvalue weighted by molar-refractivity contribution is 5.85. The van der Waals surface area contributed by atoms with E-state index >= 15 is 0 Å². The summed E-state index contributed by atoms with van der Waals surface area (Å²) in [5.74, 6) is -2.03. The summed E-state index contributed by atoms with van der Waals surface area (Å²) in [7, 11) is 0. The van der Waals surface area contributed by atoms with E-state index < -0.39 is 24.0 Å². The van der Waals surface area contributed by atoms with Gasteiger partial charge in [-0.2, -0.15) is 0 Å². The van der Waals surface area contributed by atoms with Gasteiger partial charge in [0.25, 0.3) is 5.91 Å². The number of carboxylic acid groups (broad SMARTS) is 1. The molecule has 0 saturated carbocycles. The summed E-state index contributed by atoms with van der Waals surface area (Å²) >= 11 is 0. The van der Waals surface area contributed by atoms with Crippen LogP contribution in [0.3, 0.4) is 0 Å². The second-order valence-corrected chi connectivity index (χ2v) is 7.01. The fourth-order valence-corrected chi connectivity index (χ4v) is 3.64. The van der Waals surface area contributed by atoms with Crippen molar-refractivity contribution in [2.24, 2.45) is 0 Å². The van der Waals surface area contributed by atoms with E-state index in [9.17, 15) is 19.6 Å². The summed E-state index contributed by atoms with van der Waals surface area (Å²) in [6, 6.07) is 14.6. The van der Waals surface area contributed by atoms with Crippen LogP contribution in [0.15, 0.2) is 48.5 Å². The van der Waals surface area contributed by atoms with Gasteiger partial charge in [-0.3, -0.25) is 14.8 Å². The van der Waals surface area contributed by atoms with Gasteiger partial charge in [0.1, 0.15) is 12.6 Å². The summed E-state index contributed by atoms with van der Waals surface area (Å²) in [5.41, 5.74) is 4.29. The molecule has 1 unspecified atom stereocenters. The normalized spacial score (nSPS) is 13.1. The van der Waals surface area contributed by atoms with Crippen molar-refractivity contribution in [2.45, 2.75) is 31.7 Å². The number of carbonyl (C=O) groups excluding carboxylic acids is 2. The Morgan fingerprint density at radius 1 is 1.07 bits per heavy atom. The minimum Gasteiger partial charge on any atom is -0.481 e. The Balaban J connectivity index is 1.68. The molecule has 0 heterocycles. The van der Waals surface area contributed by atoms with Crippen LogP contribution in [0.1, 0.15) is 36.8 Å². The predicted molar refractivity (Wildman–Crippen MR) is 108 cm³/mol. The zero-order valence-corrected chi connectivity index (χ0v) is 16.6. The summed E-state index contributed by atoms with van der Waals surface area (Å²) in [6.45, 7) is 1.63. The van der Waals surface area contributed by atoms with Crippen LogP contribution < -0.4 is 5.32 Å². The van der Waals surface area contributed by atoms with Gasteiger partial charge in [-0.25, -0.2) is 9.86 Å². The van der Waals surface area contributed by atoms with Gasteiger partial charge in [0.05, 0.1) is 0 Å². The summed E-state index contributed by atoms with van der Waals surface area (Å²) < 4.78 is 5.39. The number of likely N-dealkylation sites (N-methyl/N-ethyl adjacent to an activating group) is 1. The van der Waals surface area contributed by atoms with Gasteiger partial charge in [0.2, 0.25) is 0 Å². The predicted octanol–water partition coefficient (Wildman–Crippen LogP) is 3.00. The molecular weight excluding hydrogens is 388 g/mol. The molecule has 2 aromatic rings. The maximum Gasteiger partial charge on any atom is 0.407 e. The molecule has 0 fully saturated rings. The van der Waals surface area contributed by atoms with Gasteiger partial charge < -0.3 is 15.2 Å². The number of nitrogens with zero attached hydrogens (tertiary/aromatic N) is 1. The Labute approximate surface area is 174 Å². The minimum atomic E-state index is -1.19. The molecule has 0 aliphatic heterocycles. The number of hydrogen-bond donors (Lipinski definition) is 3. The third-order valence-corrected chi connectivity index (χ3v) is 5.13. The van der Waals surface area contributed by atoms with Gasteiger partial charge in [0, 0.05) is 18.9 Å². The van der Waals surface area contributed by atoms with Crippen molar-refractivity contribution in [3.8, 4) is 11.1 Å². The fourth-order valence-electron chi connectivity index (χ4n) is 3.64. The third-order valence-electron chi connectivity index (χ3n) is 5.13. The van der Waals surface area contributed by atoms with E-state index in [0.717, 1.165) is 22.3 Å². The van der Waals surface area contributed by atoms with Crippen molar-refractivity contribution < 1.29 is 29.4 Å². The van der Waals surface area contributed by atoms with Crippen LogP contribution in [0.5, 0.6) is 0 Å². The largest absolute Gasteiger partial charge is 0.481 e.